The van der Waals surface area contributed by atoms with Crippen molar-refractivity contribution in [2.75, 3.05) is 13.2 Å². The summed E-state index contributed by atoms with van der Waals surface area (Å²) in [4.78, 5) is 3.99. The van der Waals surface area contributed by atoms with Gasteiger partial charge in [0, 0.05) is 10.7 Å². The molecule has 2 heterocycles. The van der Waals surface area contributed by atoms with E-state index in [1.807, 2.05) is 0 Å². The molecule has 2 rings (SSSR count). The Morgan fingerprint density at radius 2 is 2.38 bits per heavy atom. The van der Waals surface area contributed by atoms with Crippen LogP contribution in [0.3, 0.4) is 0 Å². The van der Waals surface area contributed by atoms with E-state index in [-0.39, 0.29) is 5.82 Å². The van der Waals surface area contributed by atoms with Gasteiger partial charge in [0.25, 0.3) is 0 Å². The van der Waals surface area contributed by atoms with Crippen LogP contribution in [0.5, 0.6) is 0 Å². The van der Waals surface area contributed by atoms with Gasteiger partial charge in [-0.15, -0.1) is 0 Å². The van der Waals surface area contributed by atoms with E-state index in [4.69, 9.17) is 4.74 Å². The molecule has 0 spiro atoms. The fraction of sp³-hybridized carbons (Fsp3) is 0.375. The number of hydrogen-bond acceptors (Lipinski definition) is 3. The molecule has 0 atom stereocenters. The number of rotatable bonds is 2. The molecule has 0 amide bonds. The third-order valence-electron chi connectivity index (χ3n) is 1.66. The van der Waals surface area contributed by atoms with E-state index >= 15 is 0 Å². The molecule has 1 saturated heterocycles. The van der Waals surface area contributed by atoms with Crippen molar-refractivity contribution in [2.45, 2.75) is 10.3 Å². The Balaban J connectivity index is 2.10. The van der Waals surface area contributed by atoms with Crippen LogP contribution in [0.2, 0.25) is 0 Å². The first-order valence-corrected chi connectivity index (χ1v) is 5.48. The van der Waals surface area contributed by atoms with E-state index in [1.165, 1.54) is 17.8 Å². The van der Waals surface area contributed by atoms with Gasteiger partial charge in [-0.2, -0.15) is 0 Å². The summed E-state index contributed by atoms with van der Waals surface area (Å²) in [5.41, 5.74) is 0. The summed E-state index contributed by atoms with van der Waals surface area (Å²) < 4.78 is 18.9. The molecule has 0 unspecified atom stereocenters. The molecule has 0 radical (unpaired) electrons. The summed E-state index contributed by atoms with van der Waals surface area (Å²) in [7, 11) is 0. The van der Waals surface area contributed by atoms with E-state index in [1.54, 1.807) is 6.20 Å². The molecular formula is C8H7BrFNOS. The molecule has 70 valence electrons. The molecular weight excluding hydrogens is 257 g/mol. The van der Waals surface area contributed by atoms with E-state index in [0.717, 1.165) is 0 Å². The molecule has 1 aliphatic rings. The number of aromatic nitrogens is 1. The first-order chi connectivity index (χ1) is 6.25. The lowest BCUT2D eigenvalue weighted by atomic mass is 10.4. The minimum Gasteiger partial charge on any atom is -0.379 e. The van der Waals surface area contributed by atoms with Gasteiger partial charge < -0.3 is 4.74 Å². The summed E-state index contributed by atoms with van der Waals surface area (Å²) >= 11 is 4.59. The zero-order chi connectivity index (χ0) is 9.26. The molecule has 1 fully saturated rings. The van der Waals surface area contributed by atoms with Crippen LogP contribution in [0.15, 0.2) is 21.8 Å². The number of nitrogens with zero attached hydrogens (tertiary/aromatic N) is 1. The zero-order valence-electron chi connectivity index (χ0n) is 6.67. The Morgan fingerprint density at radius 3 is 2.92 bits per heavy atom. The summed E-state index contributed by atoms with van der Waals surface area (Å²) in [6, 6.07) is 1.43. The van der Waals surface area contributed by atoms with Gasteiger partial charge in [0.15, 0.2) is 5.82 Å². The Hall–Kier alpha value is -0.130. The summed E-state index contributed by atoms with van der Waals surface area (Å²) in [5, 5.41) is 0.819. The molecule has 2 nitrogen and oxygen atoms in total. The lowest BCUT2D eigenvalue weighted by molar-refractivity contribution is 0.0454. The molecule has 0 N–H and O–H groups in total. The minimum absolute atomic E-state index is 0.272. The van der Waals surface area contributed by atoms with Gasteiger partial charge in [0.1, 0.15) is 5.03 Å². The fourth-order valence-electron chi connectivity index (χ4n) is 0.929. The maximum Gasteiger partial charge on any atom is 0.156 e. The standard InChI is InChI=1S/C8H7BrFNOS/c9-5-1-7(10)8(11-2-5)13-6-3-12-4-6/h1-2,6H,3-4H2. The van der Waals surface area contributed by atoms with Gasteiger partial charge in [-0.3, -0.25) is 0 Å². The van der Waals surface area contributed by atoms with E-state index < -0.39 is 0 Å². The van der Waals surface area contributed by atoms with Gasteiger partial charge in [0.05, 0.1) is 18.5 Å². The SMILES string of the molecule is Fc1cc(Br)cnc1SC1COC1. The Bertz CT molecular complexity index is 319. The van der Waals surface area contributed by atoms with Gasteiger partial charge in [-0.05, 0) is 22.0 Å². The third kappa shape index (κ3) is 2.21. The molecule has 0 saturated carbocycles. The predicted molar refractivity (Wildman–Crippen MR) is 52.4 cm³/mol. The summed E-state index contributed by atoms with van der Waals surface area (Å²) in [5.74, 6) is -0.272. The van der Waals surface area contributed by atoms with Crippen molar-refractivity contribution in [3.05, 3.63) is 22.6 Å². The lowest BCUT2D eigenvalue weighted by Crippen LogP contribution is -2.30. The first kappa shape index (κ1) is 9.43. The third-order valence-corrected chi connectivity index (χ3v) is 3.22. The van der Waals surface area contributed by atoms with Gasteiger partial charge >= 0.3 is 0 Å². The highest BCUT2D eigenvalue weighted by atomic mass is 79.9. The molecule has 0 bridgehead atoms. The molecule has 1 aliphatic heterocycles. The van der Waals surface area contributed by atoms with Crippen molar-refractivity contribution in [1.82, 2.24) is 4.98 Å². The average Bonchev–Trinajstić information content (AvgIpc) is 1.99. The maximum atomic E-state index is 13.2. The van der Waals surface area contributed by atoms with Crippen molar-refractivity contribution in [2.24, 2.45) is 0 Å². The Kier molecular flexibility index (Phi) is 2.86. The molecule has 0 aliphatic carbocycles. The smallest absolute Gasteiger partial charge is 0.156 e. The highest BCUT2D eigenvalue weighted by Crippen LogP contribution is 2.29. The topological polar surface area (TPSA) is 22.1 Å². The van der Waals surface area contributed by atoms with Crippen molar-refractivity contribution in [3.8, 4) is 0 Å². The minimum atomic E-state index is -0.272. The highest BCUT2D eigenvalue weighted by molar-refractivity contribution is 9.10. The normalized spacial score (nSPS) is 17.1. The van der Waals surface area contributed by atoms with Gasteiger partial charge in [-0.1, -0.05) is 11.8 Å². The quantitative estimate of drug-likeness (QED) is 0.819. The predicted octanol–water partition coefficient (Wildman–Crippen LogP) is 2.47. The molecule has 1 aromatic rings. The fourth-order valence-corrected chi connectivity index (χ4v) is 2.16. The average molecular weight is 264 g/mol. The van der Waals surface area contributed by atoms with Crippen LogP contribution < -0.4 is 0 Å². The largest absolute Gasteiger partial charge is 0.379 e. The molecule has 0 aromatic carbocycles. The van der Waals surface area contributed by atoms with E-state index in [2.05, 4.69) is 20.9 Å². The second-order valence-electron chi connectivity index (χ2n) is 2.72. The number of hydrogen-bond donors (Lipinski definition) is 0. The maximum absolute atomic E-state index is 13.2. The number of pyridine rings is 1. The molecule has 1 aromatic heterocycles. The monoisotopic (exact) mass is 263 g/mol. The van der Waals surface area contributed by atoms with Crippen LogP contribution in [0, 0.1) is 5.82 Å². The van der Waals surface area contributed by atoms with Crippen molar-refractivity contribution < 1.29 is 9.13 Å². The summed E-state index contributed by atoms with van der Waals surface area (Å²) in [6.45, 7) is 1.39. The van der Waals surface area contributed by atoms with E-state index in [9.17, 15) is 4.39 Å². The number of thioether (sulfide) groups is 1. The second kappa shape index (κ2) is 3.94. The first-order valence-electron chi connectivity index (χ1n) is 3.81. The number of halogens is 2. The van der Waals surface area contributed by atoms with Crippen LogP contribution in [0.4, 0.5) is 4.39 Å². The van der Waals surface area contributed by atoms with Crippen molar-refractivity contribution in [3.63, 3.8) is 0 Å². The van der Waals surface area contributed by atoms with Gasteiger partial charge in [0.2, 0.25) is 0 Å². The zero-order valence-corrected chi connectivity index (χ0v) is 9.07. The van der Waals surface area contributed by atoms with Crippen LogP contribution >= 0.6 is 27.7 Å². The number of ether oxygens (including phenoxy) is 1. The van der Waals surface area contributed by atoms with Crippen molar-refractivity contribution in [1.29, 1.82) is 0 Å². The van der Waals surface area contributed by atoms with Gasteiger partial charge in [-0.25, -0.2) is 9.37 Å². The van der Waals surface area contributed by atoms with Crippen molar-refractivity contribution >= 4 is 27.7 Å². The lowest BCUT2D eigenvalue weighted by Gasteiger charge is -2.24. The van der Waals surface area contributed by atoms with Crippen LogP contribution in [-0.2, 0) is 4.74 Å². The molecule has 5 heteroatoms. The highest BCUT2D eigenvalue weighted by Gasteiger charge is 2.21. The molecule has 13 heavy (non-hydrogen) atoms. The van der Waals surface area contributed by atoms with Crippen LogP contribution in [0.1, 0.15) is 0 Å². The Morgan fingerprint density at radius 1 is 1.62 bits per heavy atom. The van der Waals surface area contributed by atoms with Crippen LogP contribution in [-0.4, -0.2) is 23.4 Å². The van der Waals surface area contributed by atoms with Crippen LogP contribution in [0.25, 0.3) is 0 Å². The second-order valence-corrected chi connectivity index (χ2v) is 4.92. The Labute approximate surface area is 88.0 Å². The van der Waals surface area contributed by atoms with E-state index in [0.29, 0.717) is 28.0 Å². The summed E-state index contributed by atoms with van der Waals surface area (Å²) in [6.07, 6.45) is 1.60.